The highest BCUT2D eigenvalue weighted by Crippen LogP contribution is 2.24. The van der Waals surface area contributed by atoms with Crippen molar-refractivity contribution >= 4 is 22.7 Å². The lowest BCUT2D eigenvalue weighted by molar-refractivity contribution is 0.105. The highest BCUT2D eigenvalue weighted by atomic mass is 32.1. The second kappa shape index (κ2) is 6.09. The number of allylic oxidation sites excluding steroid dienone is 1. The standard InChI is InChI=1S/C16H16FNOS/c1-4-5-13-9-20-16(18-13)15(19)11(3)14-7-6-12(17)8-10(14)2/h6-9H,3-5H2,1-2H3. The van der Waals surface area contributed by atoms with Crippen molar-refractivity contribution in [3.05, 3.63) is 57.8 Å². The van der Waals surface area contributed by atoms with Gasteiger partial charge in [0.25, 0.3) is 0 Å². The van der Waals surface area contributed by atoms with Gasteiger partial charge in [-0.2, -0.15) is 0 Å². The van der Waals surface area contributed by atoms with Gasteiger partial charge in [-0.1, -0.05) is 26.0 Å². The Kier molecular flexibility index (Phi) is 4.45. The average Bonchev–Trinajstić information content (AvgIpc) is 2.86. The lowest BCUT2D eigenvalue weighted by Gasteiger charge is -2.07. The first-order valence-electron chi connectivity index (χ1n) is 6.47. The second-order valence-corrected chi connectivity index (χ2v) is 5.52. The molecule has 0 bridgehead atoms. The minimum Gasteiger partial charge on any atom is -0.286 e. The van der Waals surface area contributed by atoms with Gasteiger partial charge in [-0.05, 0) is 36.6 Å². The van der Waals surface area contributed by atoms with Crippen molar-refractivity contribution in [3.63, 3.8) is 0 Å². The van der Waals surface area contributed by atoms with Crippen LogP contribution in [-0.4, -0.2) is 10.8 Å². The molecule has 0 amide bonds. The normalized spacial score (nSPS) is 10.6. The predicted octanol–water partition coefficient (Wildman–Crippen LogP) is 4.44. The number of carbonyl (C=O) groups is 1. The van der Waals surface area contributed by atoms with E-state index in [2.05, 4.69) is 18.5 Å². The fourth-order valence-corrected chi connectivity index (χ4v) is 2.82. The van der Waals surface area contributed by atoms with Gasteiger partial charge in [0.05, 0.1) is 5.69 Å². The molecule has 0 unspecified atom stereocenters. The lowest BCUT2D eigenvalue weighted by Crippen LogP contribution is -2.03. The highest BCUT2D eigenvalue weighted by molar-refractivity contribution is 7.12. The van der Waals surface area contributed by atoms with E-state index >= 15 is 0 Å². The summed E-state index contributed by atoms with van der Waals surface area (Å²) in [6, 6.07) is 4.33. The van der Waals surface area contributed by atoms with Gasteiger partial charge in [-0.3, -0.25) is 4.79 Å². The zero-order valence-corrected chi connectivity index (χ0v) is 12.4. The minimum atomic E-state index is -0.314. The molecule has 0 fully saturated rings. The van der Waals surface area contributed by atoms with Gasteiger partial charge in [-0.15, -0.1) is 11.3 Å². The SMILES string of the molecule is C=C(C(=O)c1nc(CCC)cs1)c1ccc(F)cc1C. The molecule has 0 saturated carbocycles. The third-order valence-corrected chi connectivity index (χ3v) is 3.93. The Labute approximate surface area is 122 Å². The van der Waals surface area contributed by atoms with E-state index in [9.17, 15) is 9.18 Å². The first-order valence-corrected chi connectivity index (χ1v) is 7.35. The van der Waals surface area contributed by atoms with Crippen molar-refractivity contribution in [1.29, 1.82) is 0 Å². The molecule has 2 nitrogen and oxygen atoms in total. The van der Waals surface area contributed by atoms with Crippen molar-refractivity contribution in [2.45, 2.75) is 26.7 Å². The van der Waals surface area contributed by atoms with Gasteiger partial charge in [0.1, 0.15) is 5.82 Å². The monoisotopic (exact) mass is 289 g/mol. The smallest absolute Gasteiger partial charge is 0.221 e. The van der Waals surface area contributed by atoms with Gasteiger partial charge in [-0.25, -0.2) is 9.37 Å². The van der Waals surface area contributed by atoms with Crippen molar-refractivity contribution in [3.8, 4) is 0 Å². The largest absolute Gasteiger partial charge is 0.286 e. The van der Waals surface area contributed by atoms with Crippen LogP contribution in [0.3, 0.4) is 0 Å². The van der Waals surface area contributed by atoms with E-state index in [-0.39, 0.29) is 11.6 Å². The van der Waals surface area contributed by atoms with E-state index in [4.69, 9.17) is 0 Å². The Bertz CT molecular complexity index is 660. The molecule has 0 saturated heterocycles. The molecule has 4 heteroatoms. The maximum absolute atomic E-state index is 13.1. The first-order chi connectivity index (χ1) is 9.52. The second-order valence-electron chi connectivity index (χ2n) is 4.66. The number of hydrogen-bond acceptors (Lipinski definition) is 3. The number of hydrogen-bond donors (Lipinski definition) is 0. The van der Waals surface area contributed by atoms with Crippen LogP contribution in [0.4, 0.5) is 4.39 Å². The quantitative estimate of drug-likeness (QED) is 0.601. The predicted molar refractivity (Wildman–Crippen MR) is 80.6 cm³/mol. The minimum absolute atomic E-state index is 0.188. The average molecular weight is 289 g/mol. The van der Waals surface area contributed by atoms with Gasteiger partial charge in [0, 0.05) is 11.0 Å². The molecule has 2 rings (SSSR count). The fourth-order valence-electron chi connectivity index (χ4n) is 2.00. The molecule has 0 atom stereocenters. The van der Waals surface area contributed by atoms with Crippen LogP contribution in [0.15, 0.2) is 30.2 Å². The van der Waals surface area contributed by atoms with E-state index in [1.165, 1.54) is 23.5 Å². The lowest BCUT2D eigenvalue weighted by atomic mass is 9.99. The van der Waals surface area contributed by atoms with E-state index < -0.39 is 0 Å². The number of aryl methyl sites for hydroxylation is 2. The van der Waals surface area contributed by atoms with Gasteiger partial charge in [0.15, 0.2) is 5.01 Å². The van der Waals surface area contributed by atoms with Crippen LogP contribution in [-0.2, 0) is 6.42 Å². The molecule has 1 heterocycles. The summed E-state index contributed by atoms with van der Waals surface area (Å²) in [5.41, 5.74) is 2.67. The number of halogens is 1. The van der Waals surface area contributed by atoms with E-state index in [0.717, 1.165) is 18.5 Å². The van der Waals surface area contributed by atoms with Gasteiger partial charge in [0.2, 0.25) is 5.78 Å². The molecular weight excluding hydrogens is 273 g/mol. The summed E-state index contributed by atoms with van der Waals surface area (Å²) in [5, 5.41) is 2.35. The summed E-state index contributed by atoms with van der Waals surface area (Å²) in [7, 11) is 0. The van der Waals surface area contributed by atoms with E-state index in [1.54, 1.807) is 13.0 Å². The van der Waals surface area contributed by atoms with E-state index in [1.807, 2.05) is 5.38 Å². The molecule has 0 spiro atoms. The Morgan fingerprint density at radius 2 is 2.20 bits per heavy atom. The van der Waals surface area contributed by atoms with Crippen molar-refractivity contribution in [1.82, 2.24) is 4.98 Å². The Morgan fingerprint density at radius 3 is 2.85 bits per heavy atom. The number of nitrogens with zero attached hydrogens (tertiary/aromatic N) is 1. The van der Waals surface area contributed by atoms with Crippen molar-refractivity contribution < 1.29 is 9.18 Å². The summed E-state index contributed by atoms with van der Waals surface area (Å²) in [5.74, 6) is -0.502. The molecule has 1 aromatic heterocycles. The summed E-state index contributed by atoms with van der Waals surface area (Å²) in [6.07, 6.45) is 1.86. The number of Topliss-reactive ketones (excluding diaryl/α,β-unsaturated/α-hetero) is 1. The molecule has 0 aliphatic rings. The maximum atomic E-state index is 13.1. The molecule has 1 aromatic carbocycles. The van der Waals surface area contributed by atoms with Crippen LogP contribution in [0.1, 0.15) is 40.0 Å². The molecule has 0 N–H and O–H groups in total. The number of thiazole rings is 1. The van der Waals surface area contributed by atoms with Crippen LogP contribution >= 0.6 is 11.3 Å². The molecule has 2 aromatic rings. The summed E-state index contributed by atoms with van der Waals surface area (Å²) in [4.78, 5) is 16.7. The molecule has 0 aliphatic heterocycles. The first kappa shape index (κ1) is 14.6. The topological polar surface area (TPSA) is 30.0 Å². The number of rotatable bonds is 5. The maximum Gasteiger partial charge on any atom is 0.221 e. The number of benzene rings is 1. The van der Waals surface area contributed by atoms with Crippen LogP contribution in [0.2, 0.25) is 0 Å². The van der Waals surface area contributed by atoms with Crippen LogP contribution < -0.4 is 0 Å². The van der Waals surface area contributed by atoms with Gasteiger partial charge < -0.3 is 0 Å². The zero-order valence-electron chi connectivity index (χ0n) is 11.6. The Hall–Kier alpha value is -1.81. The summed E-state index contributed by atoms with van der Waals surface area (Å²) >= 11 is 1.33. The number of carbonyl (C=O) groups excluding carboxylic acids is 1. The summed E-state index contributed by atoms with van der Waals surface area (Å²) < 4.78 is 13.1. The highest BCUT2D eigenvalue weighted by Gasteiger charge is 2.17. The van der Waals surface area contributed by atoms with E-state index in [0.29, 0.717) is 21.7 Å². The third kappa shape index (κ3) is 3.02. The summed E-state index contributed by atoms with van der Waals surface area (Å²) in [6.45, 7) is 7.68. The number of ketones is 1. The Balaban J connectivity index is 2.25. The molecule has 104 valence electrons. The number of aromatic nitrogens is 1. The van der Waals surface area contributed by atoms with Crippen LogP contribution in [0.5, 0.6) is 0 Å². The third-order valence-electron chi connectivity index (χ3n) is 3.04. The van der Waals surface area contributed by atoms with Gasteiger partial charge >= 0.3 is 0 Å². The molecule has 0 radical (unpaired) electrons. The van der Waals surface area contributed by atoms with Crippen LogP contribution in [0, 0.1) is 12.7 Å². The molecular formula is C16H16FNOS. The fraction of sp³-hybridized carbons (Fsp3) is 0.250. The molecule has 20 heavy (non-hydrogen) atoms. The Morgan fingerprint density at radius 1 is 1.45 bits per heavy atom. The van der Waals surface area contributed by atoms with Crippen molar-refractivity contribution in [2.24, 2.45) is 0 Å². The zero-order chi connectivity index (χ0) is 14.7. The van der Waals surface area contributed by atoms with Crippen molar-refractivity contribution in [2.75, 3.05) is 0 Å². The van der Waals surface area contributed by atoms with Crippen LogP contribution in [0.25, 0.3) is 5.57 Å². The molecule has 0 aliphatic carbocycles.